The summed E-state index contributed by atoms with van der Waals surface area (Å²) in [4.78, 5) is 12.9. The third-order valence-corrected chi connectivity index (χ3v) is 7.34. The van der Waals surface area contributed by atoms with Gasteiger partial charge < -0.3 is 5.32 Å². The number of rotatable bonds is 7. The zero-order chi connectivity index (χ0) is 21.7. The third-order valence-electron chi connectivity index (χ3n) is 5.42. The van der Waals surface area contributed by atoms with Crippen LogP contribution in [0.3, 0.4) is 0 Å². The Bertz CT molecular complexity index is 1120. The van der Waals surface area contributed by atoms with Crippen molar-refractivity contribution in [1.29, 1.82) is 0 Å². The zero-order valence-electron chi connectivity index (χ0n) is 17.3. The highest BCUT2D eigenvalue weighted by Gasteiger charge is 2.25. The van der Waals surface area contributed by atoms with E-state index in [-0.39, 0.29) is 17.2 Å². The molecule has 0 saturated carbocycles. The van der Waals surface area contributed by atoms with Gasteiger partial charge in [-0.05, 0) is 48.2 Å². The number of carbonyl (C=O) groups excluding carboxylic acids is 1. The molecule has 0 bridgehead atoms. The lowest BCUT2D eigenvalue weighted by Gasteiger charge is -2.25. The summed E-state index contributed by atoms with van der Waals surface area (Å²) >= 11 is 0. The molecule has 1 aromatic heterocycles. The first-order chi connectivity index (χ1) is 15.0. The third kappa shape index (κ3) is 5.21. The molecule has 1 saturated heterocycles. The average molecular weight is 439 g/mol. The molecule has 3 aromatic rings. The summed E-state index contributed by atoms with van der Waals surface area (Å²) < 4.78 is 28.9. The van der Waals surface area contributed by atoms with Crippen LogP contribution < -0.4 is 5.32 Å². The van der Waals surface area contributed by atoms with Gasteiger partial charge in [0.1, 0.15) is 0 Å². The number of anilines is 1. The molecule has 0 radical (unpaired) electrons. The predicted molar refractivity (Wildman–Crippen MR) is 119 cm³/mol. The van der Waals surface area contributed by atoms with Crippen LogP contribution in [0.4, 0.5) is 5.69 Å². The second-order valence-corrected chi connectivity index (χ2v) is 9.63. The van der Waals surface area contributed by atoms with Crippen LogP contribution in [0.5, 0.6) is 0 Å². The fourth-order valence-corrected chi connectivity index (χ4v) is 5.28. The SMILES string of the molecule is O=C(Cc1ccc(S(=O)(=O)N2CCCCC2)cc1)Nc1ccccc1Cn1cccn1. The number of aromatic nitrogens is 2. The monoisotopic (exact) mass is 438 g/mol. The van der Waals surface area contributed by atoms with Crippen LogP contribution in [0.1, 0.15) is 30.4 Å². The minimum Gasteiger partial charge on any atom is -0.325 e. The minimum atomic E-state index is -3.46. The highest BCUT2D eigenvalue weighted by atomic mass is 32.2. The van der Waals surface area contributed by atoms with Crippen molar-refractivity contribution in [2.45, 2.75) is 37.1 Å². The molecule has 31 heavy (non-hydrogen) atoms. The Labute approximate surface area is 182 Å². The summed E-state index contributed by atoms with van der Waals surface area (Å²) in [5.74, 6) is -0.153. The smallest absolute Gasteiger partial charge is 0.243 e. The van der Waals surface area contributed by atoms with E-state index in [1.54, 1.807) is 39.4 Å². The summed E-state index contributed by atoms with van der Waals surface area (Å²) in [6, 6.07) is 16.1. The maximum Gasteiger partial charge on any atom is 0.243 e. The average Bonchev–Trinajstić information content (AvgIpc) is 3.29. The van der Waals surface area contributed by atoms with Crippen molar-refractivity contribution in [2.24, 2.45) is 0 Å². The molecule has 0 spiro atoms. The maximum atomic E-state index is 12.8. The van der Waals surface area contributed by atoms with E-state index in [2.05, 4.69) is 10.4 Å². The van der Waals surface area contributed by atoms with Gasteiger partial charge in [-0.1, -0.05) is 36.8 Å². The van der Waals surface area contributed by atoms with Gasteiger partial charge in [0, 0.05) is 31.2 Å². The number of carbonyl (C=O) groups is 1. The topological polar surface area (TPSA) is 84.3 Å². The molecule has 1 fully saturated rings. The first-order valence-electron chi connectivity index (χ1n) is 10.5. The van der Waals surface area contributed by atoms with Crippen molar-refractivity contribution in [1.82, 2.24) is 14.1 Å². The van der Waals surface area contributed by atoms with Crippen molar-refractivity contribution in [3.8, 4) is 0 Å². The Morgan fingerprint density at radius 3 is 2.42 bits per heavy atom. The number of benzene rings is 2. The molecule has 162 valence electrons. The highest BCUT2D eigenvalue weighted by molar-refractivity contribution is 7.89. The lowest BCUT2D eigenvalue weighted by atomic mass is 10.1. The quantitative estimate of drug-likeness (QED) is 0.614. The number of hydrogen-bond donors (Lipinski definition) is 1. The van der Waals surface area contributed by atoms with E-state index in [1.807, 2.05) is 36.5 Å². The first kappa shape index (κ1) is 21.3. The Hall–Kier alpha value is -2.97. The second kappa shape index (κ2) is 9.45. The lowest BCUT2D eigenvalue weighted by Crippen LogP contribution is -2.35. The molecule has 2 heterocycles. The molecule has 1 aliphatic heterocycles. The molecule has 1 N–H and O–H groups in total. The molecule has 0 atom stereocenters. The molecule has 8 heteroatoms. The van der Waals surface area contributed by atoms with Gasteiger partial charge in [-0.3, -0.25) is 9.48 Å². The van der Waals surface area contributed by atoms with Gasteiger partial charge in [0.25, 0.3) is 0 Å². The van der Waals surface area contributed by atoms with Crippen molar-refractivity contribution >= 4 is 21.6 Å². The van der Waals surface area contributed by atoms with Crippen LogP contribution in [0.15, 0.2) is 71.9 Å². The van der Waals surface area contributed by atoms with E-state index in [1.165, 1.54) is 0 Å². The number of para-hydroxylation sites is 1. The molecule has 1 amide bonds. The van der Waals surface area contributed by atoms with Crippen LogP contribution in [0.2, 0.25) is 0 Å². The van der Waals surface area contributed by atoms with Crippen molar-refractivity contribution in [2.75, 3.05) is 18.4 Å². The summed E-state index contributed by atoms with van der Waals surface area (Å²) in [5.41, 5.74) is 2.47. The Kier molecular flexibility index (Phi) is 6.48. The number of amides is 1. The second-order valence-electron chi connectivity index (χ2n) is 7.69. The van der Waals surface area contributed by atoms with E-state index in [4.69, 9.17) is 0 Å². The van der Waals surface area contributed by atoms with Crippen LogP contribution in [0.25, 0.3) is 0 Å². The largest absolute Gasteiger partial charge is 0.325 e. The van der Waals surface area contributed by atoms with Crippen LogP contribution in [-0.2, 0) is 27.8 Å². The maximum absolute atomic E-state index is 12.8. The van der Waals surface area contributed by atoms with Gasteiger partial charge in [-0.15, -0.1) is 0 Å². The Morgan fingerprint density at radius 1 is 0.968 bits per heavy atom. The number of hydrogen-bond acceptors (Lipinski definition) is 4. The van der Waals surface area contributed by atoms with E-state index in [0.717, 1.165) is 36.1 Å². The summed E-state index contributed by atoms with van der Waals surface area (Å²) in [5, 5.41) is 7.17. The van der Waals surface area contributed by atoms with E-state index < -0.39 is 10.0 Å². The van der Waals surface area contributed by atoms with Crippen molar-refractivity contribution in [3.63, 3.8) is 0 Å². The Balaban J connectivity index is 1.40. The fraction of sp³-hybridized carbons (Fsp3) is 0.304. The molecule has 7 nitrogen and oxygen atoms in total. The van der Waals surface area contributed by atoms with Gasteiger partial charge in [0.15, 0.2) is 0 Å². The summed E-state index contributed by atoms with van der Waals surface area (Å²) in [6.45, 7) is 1.71. The first-order valence-corrected chi connectivity index (χ1v) is 11.9. The molecule has 1 aliphatic rings. The van der Waals surface area contributed by atoms with E-state index in [9.17, 15) is 13.2 Å². The normalized spacial score (nSPS) is 15.0. The summed E-state index contributed by atoms with van der Waals surface area (Å²) in [6.07, 6.45) is 6.64. The van der Waals surface area contributed by atoms with Gasteiger partial charge in [-0.2, -0.15) is 9.40 Å². The van der Waals surface area contributed by atoms with Crippen LogP contribution in [0, 0.1) is 0 Å². The summed E-state index contributed by atoms with van der Waals surface area (Å²) in [7, 11) is -3.46. The molecule has 2 aromatic carbocycles. The lowest BCUT2D eigenvalue weighted by molar-refractivity contribution is -0.115. The molecular weight excluding hydrogens is 412 g/mol. The van der Waals surface area contributed by atoms with Gasteiger partial charge in [0.05, 0.1) is 17.9 Å². The number of nitrogens with zero attached hydrogens (tertiary/aromatic N) is 3. The molecule has 4 rings (SSSR count). The standard InChI is InChI=1S/C23H26N4O3S/c28-23(25-22-8-3-2-7-20(22)18-26-14-6-13-24-26)17-19-9-11-21(12-10-19)31(29,30)27-15-4-1-5-16-27/h2-3,6-14H,1,4-5,15-18H2,(H,25,28). The van der Waals surface area contributed by atoms with E-state index >= 15 is 0 Å². The molecule has 0 unspecified atom stereocenters. The predicted octanol–water partition coefficient (Wildman–Crippen LogP) is 3.29. The number of sulfonamides is 1. The van der Waals surface area contributed by atoms with Gasteiger partial charge in [0.2, 0.25) is 15.9 Å². The fourth-order valence-electron chi connectivity index (χ4n) is 3.76. The van der Waals surface area contributed by atoms with E-state index in [0.29, 0.717) is 19.6 Å². The van der Waals surface area contributed by atoms with Gasteiger partial charge in [-0.25, -0.2) is 8.42 Å². The molecule has 0 aliphatic carbocycles. The van der Waals surface area contributed by atoms with Crippen molar-refractivity contribution in [3.05, 3.63) is 78.1 Å². The Morgan fingerprint density at radius 2 is 1.71 bits per heavy atom. The highest BCUT2D eigenvalue weighted by Crippen LogP contribution is 2.21. The number of piperidine rings is 1. The van der Waals surface area contributed by atoms with Crippen LogP contribution in [-0.4, -0.2) is 41.5 Å². The zero-order valence-corrected chi connectivity index (χ0v) is 18.1. The minimum absolute atomic E-state index is 0.153. The molecular formula is C23H26N4O3S. The van der Waals surface area contributed by atoms with Crippen molar-refractivity contribution < 1.29 is 13.2 Å². The van der Waals surface area contributed by atoms with Gasteiger partial charge >= 0.3 is 0 Å². The number of nitrogens with one attached hydrogen (secondary N) is 1. The van der Waals surface area contributed by atoms with Crippen LogP contribution >= 0.6 is 0 Å².